The maximum Gasteiger partial charge on any atom is 0.142 e. The zero-order valence-electron chi connectivity index (χ0n) is 11.9. The predicted molar refractivity (Wildman–Crippen MR) is 79.2 cm³/mol. The standard InChI is InChI=1S/C14H20N4S/c1-5-11-13(8-16-9(2)3)19-14(18-11)12-6-7-15-10(4)17-12/h6-7,9,16H,5,8H2,1-4H3. The van der Waals surface area contributed by atoms with Crippen LogP contribution in [0.15, 0.2) is 12.3 Å². The van der Waals surface area contributed by atoms with Crippen LogP contribution in [0.25, 0.3) is 10.7 Å². The minimum absolute atomic E-state index is 0.483. The number of hydrogen-bond acceptors (Lipinski definition) is 5. The number of rotatable bonds is 5. The van der Waals surface area contributed by atoms with Gasteiger partial charge < -0.3 is 5.32 Å². The van der Waals surface area contributed by atoms with Crippen molar-refractivity contribution in [3.8, 4) is 10.7 Å². The van der Waals surface area contributed by atoms with Gasteiger partial charge in [-0.2, -0.15) is 0 Å². The van der Waals surface area contributed by atoms with Crippen molar-refractivity contribution in [3.63, 3.8) is 0 Å². The van der Waals surface area contributed by atoms with Crippen molar-refractivity contribution >= 4 is 11.3 Å². The van der Waals surface area contributed by atoms with E-state index in [0.29, 0.717) is 6.04 Å². The quantitative estimate of drug-likeness (QED) is 0.912. The van der Waals surface area contributed by atoms with Gasteiger partial charge in [-0.05, 0) is 19.4 Å². The van der Waals surface area contributed by atoms with E-state index in [2.05, 4.69) is 36.1 Å². The average Bonchev–Trinajstić information content (AvgIpc) is 2.79. The van der Waals surface area contributed by atoms with Crippen molar-refractivity contribution in [2.24, 2.45) is 0 Å². The smallest absolute Gasteiger partial charge is 0.142 e. The lowest BCUT2D eigenvalue weighted by Gasteiger charge is -2.06. The first kappa shape index (κ1) is 14.1. The van der Waals surface area contributed by atoms with Crippen molar-refractivity contribution in [1.29, 1.82) is 0 Å². The summed E-state index contributed by atoms with van der Waals surface area (Å²) in [6.07, 6.45) is 2.74. The minimum atomic E-state index is 0.483. The number of nitrogens with one attached hydrogen (secondary N) is 1. The van der Waals surface area contributed by atoms with E-state index in [4.69, 9.17) is 4.98 Å². The molecule has 2 rings (SSSR count). The Kier molecular flexibility index (Phi) is 4.61. The number of thiazole rings is 1. The Bertz CT molecular complexity index is 548. The topological polar surface area (TPSA) is 50.7 Å². The molecule has 0 spiro atoms. The molecule has 0 atom stereocenters. The van der Waals surface area contributed by atoms with E-state index in [-0.39, 0.29) is 0 Å². The van der Waals surface area contributed by atoms with E-state index in [9.17, 15) is 0 Å². The first-order valence-electron chi connectivity index (χ1n) is 6.62. The first-order chi connectivity index (χ1) is 9.10. The lowest BCUT2D eigenvalue weighted by atomic mass is 10.3. The van der Waals surface area contributed by atoms with Crippen LogP contribution in [0.2, 0.25) is 0 Å². The molecule has 0 fully saturated rings. The molecule has 0 bridgehead atoms. The average molecular weight is 276 g/mol. The van der Waals surface area contributed by atoms with Gasteiger partial charge in [0.1, 0.15) is 16.5 Å². The van der Waals surface area contributed by atoms with Crippen LogP contribution in [0.5, 0.6) is 0 Å². The summed E-state index contributed by atoms with van der Waals surface area (Å²) in [5, 5.41) is 4.44. The van der Waals surface area contributed by atoms with Crippen molar-refractivity contribution < 1.29 is 0 Å². The molecule has 0 amide bonds. The maximum absolute atomic E-state index is 4.71. The summed E-state index contributed by atoms with van der Waals surface area (Å²) in [5.41, 5.74) is 2.09. The summed E-state index contributed by atoms with van der Waals surface area (Å²) < 4.78 is 0. The second kappa shape index (κ2) is 6.21. The van der Waals surface area contributed by atoms with Crippen LogP contribution in [0.1, 0.15) is 37.2 Å². The largest absolute Gasteiger partial charge is 0.310 e. The lowest BCUT2D eigenvalue weighted by molar-refractivity contribution is 0.590. The fourth-order valence-electron chi connectivity index (χ4n) is 1.78. The molecular formula is C14H20N4S. The summed E-state index contributed by atoms with van der Waals surface area (Å²) in [4.78, 5) is 14.6. The van der Waals surface area contributed by atoms with Crippen LogP contribution in [-0.2, 0) is 13.0 Å². The van der Waals surface area contributed by atoms with Crippen molar-refractivity contribution in [2.75, 3.05) is 0 Å². The Hall–Kier alpha value is -1.33. The van der Waals surface area contributed by atoms with Gasteiger partial charge in [-0.15, -0.1) is 11.3 Å². The Morgan fingerprint density at radius 2 is 2.11 bits per heavy atom. The number of aromatic nitrogens is 3. The van der Waals surface area contributed by atoms with Crippen LogP contribution < -0.4 is 5.32 Å². The van der Waals surface area contributed by atoms with Gasteiger partial charge in [0.15, 0.2) is 0 Å². The van der Waals surface area contributed by atoms with Crippen molar-refractivity contribution in [1.82, 2.24) is 20.3 Å². The van der Waals surface area contributed by atoms with E-state index >= 15 is 0 Å². The molecule has 4 nitrogen and oxygen atoms in total. The normalized spacial score (nSPS) is 11.2. The molecule has 0 saturated carbocycles. The van der Waals surface area contributed by atoms with E-state index < -0.39 is 0 Å². The zero-order valence-corrected chi connectivity index (χ0v) is 12.7. The molecule has 102 valence electrons. The summed E-state index contributed by atoms with van der Waals surface area (Å²) in [6.45, 7) is 9.23. The fraction of sp³-hybridized carbons (Fsp3) is 0.500. The Morgan fingerprint density at radius 3 is 2.74 bits per heavy atom. The summed E-state index contributed by atoms with van der Waals surface area (Å²) in [7, 11) is 0. The van der Waals surface area contributed by atoms with Crippen LogP contribution in [0, 0.1) is 6.92 Å². The van der Waals surface area contributed by atoms with Crippen LogP contribution in [0.3, 0.4) is 0 Å². The molecule has 0 radical (unpaired) electrons. The monoisotopic (exact) mass is 276 g/mol. The van der Waals surface area contributed by atoms with Gasteiger partial charge >= 0.3 is 0 Å². The molecule has 0 saturated heterocycles. The minimum Gasteiger partial charge on any atom is -0.310 e. The van der Waals surface area contributed by atoms with E-state index in [0.717, 1.165) is 29.5 Å². The molecule has 2 aromatic heterocycles. The number of nitrogens with zero attached hydrogens (tertiary/aromatic N) is 3. The Balaban J connectivity index is 2.27. The predicted octanol–water partition coefficient (Wildman–Crippen LogP) is 2.97. The first-order valence-corrected chi connectivity index (χ1v) is 7.43. The Morgan fingerprint density at radius 1 is 1.32 bits per heavy atom. The second-order valence-corrected chi connectivity index (χ2v) is 5.85. The number of aryl methyl sites for hydroxylation is 2. The number of hydrogen-bond donors (Lipinski definition) is 1. The van der Waals surface area contributed by atoms with Crippen LogP contribution in [0.4, 0.5) is 0 Å². The van der Waals surface area contributed by atoms with Gasteiger partial charge in [-0.3, -0.25) is 0 Å². The zero-order chi connectivity index (χ0) is 13.8. The molecule has 19 heavy (non-hydrogen) atoms. The molecule has 5 heteroatoms. The summed E-state index contributed by atoms with van der Waals surface area (Å²) >= 11 is 1.72. The van der Waals surface area contributed by atoms with E-state index in [1.165, 1.54) is 10.6 Å². The third kappa shape index (κ3) is 3.58. The highest BCUT2D eigenvalue weighted by Crippen LogP contribution is 2.27. The summed E-state index contributed by atoms with van der Waals surface area (Å²) in [6, 6.07) is 2.40. The molecular weight excluding hydrogens is 256 g/mol. The highest BCUT2D eigenvalue weighted by Gasteiger charge is 2.12. The van der Waals surface area contributed by atoms with Gasteiger partial charge in [0, 0.05) is 23.7 Å². The third-order valence-electron chi connectivity index (χ3n) is 2.78. The van der Waals surface area contributed by atoms with Crippen LogP contribution in [-0.4, -0.2) is 21.0 Å². The van der Waals surface area contributed by atoms with E-state index in [1.807, 2.05) is 13.0 Å². The molecule has 0 aliphatic heterocycles. The van der Waals surface area contributed by atoms with Crippen molar-refractivity contribution in [2.45, 2.75) is 46.7 Å². The summed E-state index contributed by atoms with van der Waals surface area (Å²) in [5.74, 6) is 0.785. The van der Waals surface area contributed by atoms with Gasteiger partial charge in [0.2, 0.25) is 0 Å². The maximum atomic E-state index is 4.71. The van der Waals surface area contributed by atoms with E-state index in [1.54, 1.807) is 17.5 Å². The second-order valence-electron chi connectivity index (χ2n) is 4.77. The molecule has 2 aromatic rings. The third-order valence-corrected chi connectivity index (χ3v) is 3.90. The Labute approximate surface area is 118 Å². The molecule has 0 aliphatic rings. The molecule has 0 aromatic carbocycles. The van der Waals surface area contributed by atoms with Gasteiger partial charge in [0.25, 0.3) is 0 Å². The lowest BCUT2D eigenvalue weighted by Crippen LogP contribution is -2.21. The van der Waals surface area contributed by atoms with Gasteiger partial charge in [-0.25, -0.2) is 15.0 Å². The highest BCUT2D eigenvalue weighted by atomic mass is 32.1. The molecule has 0 aliphatic carbocycles. The molecule has 2 heterocycles. The molecule has 0 unspecified atom stereocenters. The SMILES string of the molecule is CCc1nc(-c2ccnc(C)n2)sc1CNC(C)C. The van der Waals surface area contributed by atoms with Crippen molar-refractivity contribution in [3.05, 3.63) is 28.7 Å². The van der Waals surface area contributed by atoms with Gasteiger partial charge in [-0.1, -0.05) is 20.8 Å². The molecule has 1 N–H and O–H groups in total. The van der Waals surface area contributed by atoms with Crippen LogP contribution >= 0.6 is 11.3 Å². The van der Waals surface area contributed by atoms with Gasteiger partial charge in [0.05, 0.1) is 5.69 Å². The highest BCUT2D eigenvalue weighted by molar-refractivity contribution is 7.15. The fourth-order valence-corrected chi connectivity index (χ4v) is 2.85.